The van der Waals surface area contributed by atoms with Gasteiger partial charge in [0.2, 0.25) is 0 Å². The van der Waals surface area contributed by atoms with Crippen molar-refractivity contribution in [2.24, 2.45) is 0 Å². The maximum Gasteiger partial charge on any atom is 0.573 e. The van der Waals surface area contributed by atoms with E-state index in [0.717, 1.165) is 6.07 Å². The highest BCUT2D eigenvalue weighted by Gasteiger charge is 2.33. The van der Waals surface area contributed by atoms with Gasteiger partial charge in [-0.3, -0.25) is 0 Å². The molecule has 18 heavy (non-hydrogen) atoms. The van der Waals surface area contributed by atoms with Crippen molar-refractivity contribution in [1.29, 1.82) is 5.26 Å². The zero-order valence-electron chi connectivity index (χ0n) is 9.11. The first kappa shape index (κ1) is 13.8. The molecule has 0 aliphatic rings. The van der Waals surface area contributed by atoms with Crippen LogP contribution < -0.4 is 4.74 Å². The number of nitrogens with zero attached hydrogens (tertiary/aromatic N) is 2. The molecule has 0 unspecified atom stereocenters. The molecule has 0 radical (unpaired) electrons. The zero-order chi connectivity index (χ0) is 13.8. The lowest BCUT2D eigenvalue weighted by molar-refractivity contribution is -0.274. The van der Waals surface area contributed by atoms with Crippen LogP contribution in [-0.2, 0) is 4.74 Å². The quantitative estimate of drug-likeness (QED) is 0.777. The molecule has 1 aromatic rings. The molecule has 0 aliphatic heterocycles. The Hall–Kier alpha value is -2.30. The predicted octanol–water partition coefficient (Wildman–Crippen LogP) is 2.03. The molecule has 1 heterocycles. The number of rotatable bonds is 3. The van der Waals surface area contributed by atoms with E-state index in [-0.39, 0.29) is 12.3 Å². The Kier molecular flexibility index (Phi) is 4.09. The van der Waals surface area contributed by atoms with Gasteiger partial charge in [-0.2, -0.15) is 5.26 Å². The van der Waals surface area contributed by atoms with Gasteiger partial charge in [-0.25, -0.2) is 9.78 Å². The zero-order valence-corrected chi connectivity index (χ0v) is 9.11. The van der Waals surface area contributed by atoms with Gasteiger partial charge in [0.15, 0.2) is 5.75 Å². The molecule has 0 amide bonds. The fraction of sp³-hybridized carbons (Fsp3) is 0.300. The summed E-state index contributed by atoms with van der Waals surface area (Å²) in [6.07, 6.45) is -4.31. The highest BCUT2D eigenvalue weighted by atomic mass is 19.4. The molecule has 0 spiro atoms. The Morgan fingerprint density at radius 3 is 2.72 bits per heavy atom. The van der Waals surface area contributed by atoms with E-state index in [1.54, 1.807) is 6.07 Å². The molecule has 0 bridgehead atoms. The van der Waals surface area contributed by atoms with Crippen molar-refractivity contribution in [2.45, 2.75) is 13.3 Å². The van der Waals surface area contributed by atoms with Gasteiger partial charge in [0, 0.05) is 0 Å². The minimum absolute atomic E-state index is 0.0193. The maximum absolute atomic E-state index is 12.1. The first-order valence-electron chi connectivity index (χ1n) is 4.70. The Morgan fingerprint density at radius 2 is 2.22 bits per heavy atom. The molecule has 0 fully saturated rings. The number of nitriles is 1. The van der Waals surface area contributed by atoms with Crippen LogP contribution in [0.3, 0.4) is 0 Å². The number of alkyl halides is 3. The molecule has 1 aromatic heterocycles. The van der Waals surface area contributed by atoms with Crippen molar-refractivity contribution in [2.75, 3.05) is 6.61 Å². The number of ether oxygens (including phenoxy) is 2. The van der Waals surface area contributed by atoms with E-state index in [2.05, 4.69) is 14.5 Å². The van der Waals surface area contributed by atoms with Crippen LogP contribution in [0.1, 0.15) is 23.0 Å². The van der Waals surface area contributed by atoms with Crippen molar-refractivity contribution < 1.29 is 27.4 Å². The third kappa shape index (κ3) is 3.62. The lowest BCUT2D eigenvalue weighted by Crippen LogP contribution is -2.20. The van der Waals surface area contributed by atoms with Crippen LogP contribution in [0.4, 0.5) is 13.2 Å². The van der Waals surface area contributed by atoms with Gasteiger partial charge < -0.3 is 9.47 Å². The second-order valence-corrected chi connectivity index (χ2v) is 2.95. The molecule has 5 nitrogen and oxygen atoms in total. The van der Waals surface area contributed by atoms with E-state index < -0.39 is 23.6 Å². The van der Waals surface area contributed by atoms with Crippen LogP contribution in [0.5, 0.6) is 5.75 Å². The summed E-state index contributed by atoms with van der Waals surface area (Å²) in [5, 5.41) is 8.57. The van der Waals surface area contributed by atoms with Crippen LogP contribution >= 0.6 is 0 Å². The summed E-state index contributed by atoms with van der Waals surface area (Å²) in [6.45, 7) is 1.48. The number of carbonyl (C=O) groups excluding carboxylic acids is 1. The van der Waals surface area contributed by atoms with Crippen molar-refractivity contribution in [3.63, 3.8) is 0 Å². The molecule has 0 saturated heterocycles. The normalized spacial score (nSPS) is 10.6. The summed E-state index contributed by atoms with van der Waals surface area (Å²) < 4.78 is 44.4. The average Bonchev–Trinajstić information content (AvgIpc) is 2.27. The maximum atomic E-state index is 12.1. The molecule has 0 atom stereocenters. The second-order valence-electron chi connectivity index (χ2n) is 2.95. The van der Waals surface area contributed by atoms with Crippen LogP contribution in [0.2, 0.25) is 0 Å². The van der Waals surface area contributed by atoms with Crippen LogP contribution in [0.25, 0.3) is 0 Å². The molecular weight excluding hydrogens is 253 g/mol. The van der Waals surface area contributed by atoms with Crippen molar-refractivity contribution in [1.82, 2.24) is 4.98 Å². The third-order valence-corrected chi connectivity index (χ3v) is 1.70. The fourth-order valence-electron chi connectivity index (χ4n) is 1.08. The summed E-state index contributed by atoms with van der Waals surface area (Å²) in [7, 11) is 0. The molecule has 0 saturated carbocycles. The number of pyridine rings is 1. The number of carbonyl (C=O) groups is 1. The fourth-order valence-corrected chi connectivity index (χ4v) is 1.08. The lowest BCUT2D eigenvalue weighted by Gasteiger charge is -2.12. The van der Waals surface area contributed by atoms with E-state index in [9.17, 15) is 18.0 Å². The number of hydrogen-bond donors (Lipinski definition) is 0. The van der Waals surface area contributed by atoms with Crippen LogP contribution in [-0.4, -0.2) is 23.9 Å². The van der Waals surface area contributed by atoms with E-state index in [0.29, 0.717) is 6.20 Å². The van der Waals surface area contributed by atoms with Gasteiger partial charge in [0.25, 0.3) is 0 Å². The number of aromatic nitrogens is 1. The standard InChI is InChI=1S/C10H7F3N2O3/c1-2-17-9(16)7-3-6(4-14)15-5-8(7)18-10(11,12)13/h3,5H,2H2,1H3. The summed E-state index contributed by atoms with van der Waals surface area (Å²) in [4.78, 5) is 14.8. The van der Waals surface area contributed by atoms with Crippen molar-refractivity contribution in [3.8, 4) is 11.8 Å². The summed E-state index contributed by atoms with van der Waals surface area (Å²) in [5.41, 5.74) is -0.715. The molecule has 0 aliphatic carbocycles. The number of esters is 1. The molecule has 96 valence electrons. The highest BCUT2D eigenvalue weighted by Crippen LogP contribution is 2.26. The summed E-state index contributed by atoms with van der Waals surface area (Å²) in [5.74, 6) is -1.82. The largest absolute Gasteiger partial charge is 0.573 e. The smallest absolute Gasteiger partial charge is 0.462 e. The monoisotopic (exact) mass is 260 g/mol. The molecule has 8 heteroatoms. The molecule has 1 rings (SSSR count). The lowest BCUT2D eigenvalue weighted by atomic mass is 10.2. The average molecular weight is 260 g/mol. The minimum Gasteiger partial charge on any atom is -0.462 e. The van der Waals surface area contributed by atoms with E-state index in [1.165, 1.54) is 6.92 Å². The first-order chi connectivity index (χ1) is 8.37. The Morgan fingerprint density at radius 1 is 1.56 bits per heavy atom. The van der Waals surface area contributed by atoms with Gasteiger partial charge in [-0.1, -0.05) is 0 Å². The van der Waals surface area contributed by atoms with Gasteiger partial charge in [0.1, 0.15) is 17.3 Å². The molecule has 0 aromatic carbocycles. The first-order valence-corrected chi connectivity index (χ1v) is 4.70. The van der Waals surface area contributed by atoms with Crippen LogP contribution in [0.15, 0.2) is 12.3 Å². The molecular formula is C10H7F3N2O3. The minimum atomic E-state index is -4.96. The Balaban J connectivity index is 3.17. The van der Waals surface area contributed by atoms with Gasteiger partial charge >= 0.3 is 12.3 Å². The third-order valence-electron chi connectivity index (χ3n) is 1.70. The summed E-state index contributed by atoms with van der Waals surface area (Å²) in [6, 6.07) is 2.47. The van der Waals surface area contributed by atoms with E-state index in [1.807, 2.05) is 0 Å². The Bertz CT molecular complexity index is 494. The van der Waals surface area contributed by atoms with Crippen LogP contribution in [0, 0.1) is 11.3 Å². The highest BCUT2D eigenvalue weighted by molar-refractivity contribution is 5.92. The van der Waals surface area contributed by atoms with E-state index >= 15 is 0 Å². The SMILES string of the molecule is CCOC(=O)c1cc(C#N)ncc1OC(F)(F)F. The van der Waals surface area contributed by atoms with Gasteiger partial charge in [-0.05, 0) is 13.0 Å². The molecule has 0 N–H and O–H groups in total. The van der Waals surface area contributed by atoms with Gasteiger partial charge in [0.05, 0.1) is 12.8 Å². The number of hydrogen-bond acceptors (Lipinski definition) is 5. The van der Waals surface area contributed by atoms with E-state index in [4.69, 9.17) is 5.26 Å². The van der Waals surface area contributed by atoms with Crippen molar-refractivity contribution in [3.05, 3.63) is 23.5 Å². The number of halogens is 3. The van der Waals surface area contributed by atoms with Gasteiger partial charge in [-0.15, -0.1) is 13.2 Å². The predicted molar refractivity (Wildman–Crippen MR) is 51.6 cm³/mol. The van der Waals surface area contributed by atoms with Crippen molar-refractivity contribution >= 4 is 5.97 Å². The second kappa shape index (κ2) is 5.35. The topological polar surface area (TPSA) is 72.2 Å². The Labute approximate surface area is 99.8 Å². The summed E-state index contributed by atoms with van der Waals surface area (Å²) >= 11 is 0.